The normalized spacial score (nSPS) is 17.8. The fraction of sp³-hybridized carbons (Fsp3) is 0.545. The molecule has 90 valence electrons. The molecular formula is C11H16ClNO3. The highest BCUT2D eigenvalue weighted by Crippen LogP contribution is 2.14. The molecule has 0 saturated carbocycles. The molecule has 2 heterocycles. The molecule has 0 N–H and O–H groups in total. The number of hydrogen-bond donors (Lipinski definition) is 0. The topological polar surface area (TPSA) is 42.7 Å². The van der Waals surface area contributed by atoms with E-state index in [1.807, 2.05) is 0 Å². The van der Waals surface area contributed by atoms with Gasteiger partial charge in [-0.25, -0.2) is 4.79 Å². The van der Waals surface area contributed by atoms with E-state index in [0.29, 0.717) is 0 Å². The summed E-state index contributed by atoms with van der Waals surface area (Å²) in [5.41, 5.74) is 0. The molecule has 0 aliphatic carbocycles. The van der Waals surface area contributed by atoms with Gasteiger partial charge < -0.3 is 14.1 Å². The molecule has 0 unspecified atom stereocenters. The first kappa shape index (κ1) is 13.1. The highest BCUT2D eigenvalue weighted by Gasteiger charge is 2.21. The van der Waals surface area contributed by atoms with Crippen molar-refractivity contribution in [1.82, 2.24) is 4.90 Å². The second-order valence-corrected chi connectivity index (χ2v) is 3.89. The Morgan fingerprint density at radius 1 is 1.50 bits per heavy atom. The zero-order valence-electron chi connectivity index (χ0n) is 9.22. The Balaban J connectivity index is 0.00000128. The molecule has 2 rings (SSSR count). The second-order valence-electron chi connectivity index (χ2n) is 3.89. The van der Waals surface area contributed by atoms with Crippen LogP contribution in [0, 0.1) is 0 Å². The SMILES string of the molecule is CN1CCC(OC(=O)c2ccco2)CC1.Cl. The van der Waals surface area contributed by atoms with Crippen LogP contribution in [0.2, 0.25) is 0 Å². The van der Waals surface area contributed by atoms with E-state index in [0.717, 1.165) is 25.9 Å². The fourth-order valence-corrected chi connectivity index (χ4v) is 1.71. The van der Waals surface area contributed by atoms with Gasteiger partial charge in [0.1, 0.15) is 6.10 Å². The van der Waals surface area contributed by atoms with Gasteiger partial charge in [0.05, 0.1) is 6.26 Å². The molecule has 0 atom stereocenters. The molecule has 0 radical (unpaired) electrons. The molecule has 4 nitrogen and oxygen atoms in total. The van der Waals surface area contributed by atoms with Crippen molar-refractivity contribution in [1.29, 1.82) is 0 Å². The summed E-state index contributed by atoms with van der Waals surface area (Å²) in [6.07, 6.45) is 3.33. The maximum atomic E-state index is 11.5. The quantitative estimate of drug-likeness (QED) is 0.747. The number of ether oxygens (including phenoxy) is 1. The van der Waals surface area contributed by atoms with Crippen molar-refractivity contribution in [2.75, 3.05) is 20.1 Å². The standard InChI is InChI=1S/C11H15NO3.ClH/c1-12-6-4-9(5-7-12)15-11(13)10-3-2-8-14-10;/h2-3,8-9H,4-7H2,1H3;1H. The number of halogens is 1. The minimum absolute atomic E-state index is 0. The Bertz CT molecular complexity index is 318. The zero-order valence-corrected chi connectivity index (χ0v) is 10.0. The van der Waals surface area contributed by atoms with Crippen LogP contribution in [0.4, 0.5) is 0 Å². The third-order valence-electron chi connectivity index (χ3n) is 2.66. The predicted octanol–water partition coefficient (Wildman–Crippen LogP) is 1.95. The summed E-state index contributed by atoms with van der Waals surface area (Å²) in [5, 5.41) is 0. The van der Waals surface area contributed by atoms with Crippen LogP contribution in [0.15, 0.2) is 22.8 Å². The first-order valence-corrected chi connectivity index (χ1v) is 5.19. The fourth-order valence-electron chi connectivity index (χ4n) is 1.71. The minimum Gasteiger partial charge on any atom is -0.457 e. The molecule has 1 saturated heterocycles. The monoisotopic (exact) mass is 245 g/mol. The lowest BCUT2D eigenvalue weighted by molar-refractivity contribution is 0.0108. The van der Waals surface area contributed by atoms with E-state index in [2.05, 4.69) is 11.9 Å². The van der Waals surface area contributed by atoms with Gasteiger partial charge in [-0.05, 0) is 32.0 Å². The van der Waals surface area contributed by atoms with Gasteiger partial charge in [-0.15, -0.1) is 12.4 Å². The molecular weight excluding hydrogens is 230 g/mol. The molecule has 0 bridgehead atoms. The Labute approximate surface area is 101 Å². The Hall–Kier alpha value is -1.00. The highest BCUT2D eigenvalue weighted by atomic mass is 35.5. The van der Waals surface area contributed by atoms with Crippen LogP contribution in [0.1, 0.15) is 23.4 Å². The lowest BCUT2D eigenvalue weighted by Crippen LogP contribution is -2.35. The summed E-state index contributed by atoms with van der Waals surface area (Å²) >= 11 is 0. The first-order chi connectivity index (χ1) is 7.25. The van der Waals surface area contributed by atoms with Gasteiger partial charge >= 0.3 is 5.97 Å². The summed E-state index contributed by atoms with van der Waals surface area (Å²) in [5.74, 6) is -0.0662. The van der Waals surface area contributed by atoms with E-state index in [-0.39, 0.29) is 30.2 Å². The number of carbonyl (C=O) groups is 1. The molecule has 5 heteroatoms. The largest absolute Gasteiger partial charge is 0.457 e. The van der Waals surface area contributed by atoms with Gasteiger partial charge in [-0.1, -0.05) is 0 Å². The molecule has 1 fully saturated rings. The lowest BCUT2D eigenvalue weighted by Gasteiger charge is -2.28. The second kappa shape index (κ2) is 5.92. The number of furan rings is 1. The maximum Gasteiger partial charge on any atom is 0.374 e. The van der Waals surface area contributed by atoms with Crippen molar-refractivity contribution in [3.63, 3.8) is 0 Å². The zero-order chi connectivity index (χ0) is 10.7. The Morgan fingerprint density at radius 3 is 2.75 bits per heavy atom. The molecule has 1 aromatic rings. The van der Waals surface area contributed by atoms with Gasteiger partial charge in [0, 0.05) is 13.1 Å². The Kier molecular flexibility index (Phi) is 4.83. The molecule has 16 heavy (non-hydrogen) atoms. The lowest BCUT2D eigenvalue weighted by atomic mass is 10.1. The average Bonchev–Trinajstić information content (AvgIpc) is 2.74. The molecule has 1 aromatic heterocycles. The van der Waals surface area contributed by atoms with Gasteiger partial charge in [-0.2, -0.15) is 0 Å². The van der Waals surface area contributed by atoms with Crippen molar-refractivity contribution in [3.05, 3.63) is 24.2 Å². The molecule has 1 aliphatic rings. The van der Waals surface area contributed by atoms with Crippen molar-refractivity contribution in [3.8, 4) is 0 Å². The van der Waals surface area contributed by atoms with Gasteiger partial charge in [0.2, 0.25) is 5.76 Å². The summed E-state index contributed by atoms with van der Waals surface area (Å²) in [4.78, 5) is 13.8. The van der Waals surface area contributed by atoms with Crippen molar-refractivity contribution < 1.29 is 13.9 Å². The molecule has 0 aromatic carbocycles. The van der Waals surface area contributed by atoms with E-state index >= 15 is 0 Å². The number of hydrogen-bond acceptors (Lipinski definition) is 4. The van der Waals surface area contributed by atoms with Crippen molar-refractivity contribution in [2.24, 2.45) is 0 Å². The van der Waals surface area contributed by atoms with Crippen LogP contribution >= 0.6 is 12.4 Å². The number of likely N-dealkylation sites (tertiary alicyclic amines) is 1. The smallest absolute Gasteiger partial charge is 0.374 e. The third kappa shape index (κ3) is 3.25. The summed E-state index contributed by atoms with van der Waals surface area (Å²) in [6, 6.07) is 3.31. The van der Waals surface area contributed by atoms with Crippen molar-refractivity contribution >= 4 is 18.4 Å². The predicted molar refractivity (Wildman–Crippen MR) is 61.9 cm³/mol. The van der Waals surface area contributed by atoms with E-state index in [4.69, 9.17) is 9.15 Å². The maximum absolute atomic E-state index is 11.5. The minimum atomic E-state index is -0.352. The molecule has 1 aliphatic heterocycles. The number of rotatable bonds is 2. The number of nitrogens with zero attached hydrogens (tertiary/aromatic N) is 1. The molecule has 0 spiro atoms. The van der Waals surface area contributed by atoms with Crippen LogP contribution in [-0.2, 0) is 4.74 Å². The van der Waals surface area contributed by atoms with Crippen molar-refractivity contribution in [2.45, 2.75) is 18.9 Å². The van der Waals surface area contributed by atoms with Crippen LogP contribution in [-0.4, -0.2) is 37.1 Å². The van der Waals surface area contributed by atoms with Crippen LogP contribution in [0.25, 0.3) is 0 Å². The molecule has 0 amide bonds. The van der Waals surface area contributed by atoms with E-state index in [1.165, 1.54) is 6.26 Å². The summed E-state index contributed by atoms with van der Waals surface area (Å²) in [6.45, 7) is 1.96. The number of piperidine rings is 1. The number of esters is 1. The number of carbonyl (C=O) groups excluding carboxylic acids is 1. The first-order valence-electron chi connectivity index (χ1n) is 5.19. The Morgan fingerprint density at radius 2 is 2.19 bits per heavy atom. The van der Waals surface area contributed by atoms with Gasteiger partial charge in [0.15, 0.2) is 0 Å². The van der Waals surface area contributed by atoms with Gasteiger partial charge in [-0.3, -0.25) is 0 Å². The third-order valence-corrected chi connectivity index (χ3v) is 2.66. The van der Waals surface area contributed by atoms with Crippen LogP contribution in [0.5, 0.6) is 0 Å². The van der Waals surface area contributed by atoms with E-state index in [9.17, 15) is 4.79 Å². The van der Waals surface area contributed by atoms with E-state index < -0.39 is 0 Å². The average molecular weight is 246 g/mol. The highest BCUT2D eigenvalue weighted by molar-refractivity contribution is 5.86. The summed E-state index contributed by atoms with van der Waals surface area (Å²) < 4.78 is 10.3. The van der Waals surface area contributed by atoms with Gasteiger partial charge in [0.25, 0.3) is 0 Å². The summed E-state index contributed by atoms with van der Waals surface area (Å²) in [7, 11) is 2.07. The van der Waals surface area contributed by atoms with E-state index in [1.54, 1.807) is 12.1 Å². The van der Waals surface area contributed by atoms with Crippen LogP contribution in [0.3, 0.4) is 0 Å². The van der Waals surface area contributed by atoms with Crippen LogP contribution < -0.4 is 0 Å².